The number of aromatic nitrogens is 3. The Labute approximate surface area is 212 Å². The summed E-state index contributed by atoms with van der Waals surface area (Å²) in [6.45, 7) is 1.84. The molecule has 3 heterocycles. The fourth-order valence-electron chi connectivity index (χ4n) is 4.40. The highest BCUT2D eigenvalue weighted by molar-refractivity contribution is 6.20. The average Bonchev–Trinajstić information content (AvgIpc) is 3.24. The highest BCUT2D eigenvalue weighted by atomic mass is 16.2. The first-order valence-electron chi connectivity index (χ1n) is 11.8. The van der Waals surface area contributed by atoms with Crippen LogP contribution in [0.15, 0.2) is 102 Å². The Morgan fingerprint density at radius 3 is 2.30 bits per heavy atom. The van der Waals surface area contributed by atoms with E-state index < -0.39 is 18.0 Å². The van der Waals surface area contributed by atoms with Crippen LogP contribution >= 0.6 is 0 Å². The Morgan fingerprint density at radius 2 is 1.54 bits per heavy atom. The van der Waals surface area contributed by atoms with Crippen molar-refractivity contribution in [3.8, 4) is 11.3 Å². The third-order valence-electron chi connectivity index (χ3n) is 6.13. The van der Waals surface area contributed by atoms with Gasteiger partial charge in [-0.3, -0.25) is 9.59 Å². The van der Waals surface area contributed by atoms with Crippen LogP contribution < -0.4 is 10.6 Å². The van der Waals surface area contributed by atoms with Gasteiger partial charge >= 0.3 is 0 Å². The molecule has 0 unspecified atom stereocenters. The van der Waals surface area contributed by atoms with E-state index in [9.17, 15) is 9.59 Å². The lowest BCUT2D eigenvalue weighted by Gasteiger charge is -2.14. The van der Waals surface area contributed by atoms with Crippen LogP contribution in [-0.2, 0) is 4.79 Å². The SMILES string of the molecule is Cc1ccc2nc(-c3ccccc3)c(C(=O)N[C@H]3N=C(c4ccccc4)c4ccccc4NC3=O)n2n1. The molecule has 0 aliphatic carbocycles. The number of carbonyl (C=O) groups is 2. The smallest absolute Gasteiger partial charge is 0.274 e. The van der Waals surface area contributed by atoms with Crippen LogP contribution in [0.25, 0.3) is 16.9 Å². The minimum atomic E-state index is -1.17. The van der Waals surface area contributed by atoms with E-state index in [1.54, 1.807) is 0 Å². The summed E-state index contributed by atoms with van der Waals surface area (Å²) in [6, 6.07) is 30.1. The van der Waals surface area contributed by atoms with Crippen LogP contribution in [0.2, 0.25) is 0 Å². The molecule has 1 aliphatic heterocycles. The molecule has 0 saturated heterocycles. The van der Waals surface area contributed by atoms with Gasteiger partial charge in [0.1, 0.15) is 5.69 Å². The predicted octanol–water partition coefficient (Wildman–Crippen LogP) is 4.25. The summed E-state index contributed by atoms with van der Waals surface area (Å²) in [5.74, 6) is -0.947. The first-order valence-corrected chi connectivity index (χ1v) is 11.8. The molecule has 8 heteroatoms. The topological polar surface area (TPSA) is 101 Å². The van der Waals surface area contributed by atoms with Crippen LogP contribution in [0.1, 0.15) is 27.3 Å². The quantitative estimate of drug-likeness (QED) is 0.397. The lowest BCUT2D eigenvalue weighted by atomic mass is 10.0. The number of rotatable bonds is 4. The number of aliphatic imine (C=N–C) groups is 1. The van der Waals surface area contributed by atoms with Crippen LogP contribution in [-0.4, -0.2) is 38.3 Å². The van der Waals surface area contributed by atoms with Gasteiger partial charge in [-0.15, -0.1) is 0 Å². The van der Waals surface area contributed by atoms with E-state index in [0.29, 0.717) is 22.7 Å². The highest BCUT2D eigenvalue weighted by Crippen LogP contribution is 2.26. The molecule has 2 aromatic heterocycles. The fourth-order valence-corrected chi connectivity index (χ4v) is 4.40. The van der Waals surface area contributed by atoms with Crippen molar-refractivity contribution >= 4 is 28.9 Å². The number of carbonyl (C=O) groups excluding carboxylic acids is 2. The van der Waals surface area contributed by atoms with Crippen molar-refractivity contribution in [2.45, 2.75) is 13.1 Å². The van der Waals surface area contributed by atoms with Gasteiger partial charge in [0.25, 0.3) is 11.8 Å². The van der Waals surface area contributed by atoms with Gasteiger partial charge in [-0.1, -0.05) is 78.9 Å². The van der Waals surface area contributed by atoms with Gasteiger partial charge < -0.3 is 10.6 Å². The Morgan fingerprint density at radius 1 is 0.865 bits per heavy atom. The summed E-state index contributed by atoms with van der Waals surface area (Å²) in [7, 11) is 0. The van der Waals surface area contributed by atoms with Gasteiger partial charge in [0, 0.05) is 16.7 Å². The molecule has 2 N–H and O–H groups in total. The van der Waals surface area contributed by atoms with Crippen molar-refractivity contribution in [3.63, 3.8) is 0 Å². The van der Waals surface area contributed by atoms with E-state index in [2.05, 4.69) is 20.7 Å². The highest BCUT2D eigenvalue weighted by Gasteiger charge is 2.30. The number of amides is 2. The summed E-state index contributed by atoms with van der Waals surface area (Å²) in [4.78, 5) is 36.5. The number of benzene rings is 3. The number of imidazole rings is 1. The van der Waals surface area contributed by atoms with Gasteiger partial charge in [-0.25, -0.2) is 14.5 Å². The number of anilines is 1. The Bertz CT molecular complexity index is 1680. The van der Waals surface area contributed by atoms with Gasteiger partial charge in [0.15, 0.2) is 11.3 Å². The molecule has 5 aromatic rings. The molecule has 3 aromatic carbocycles. The molecule has 1 atom stereocenters. The number of benzodiazepines with no additional fused rings is 1. The molecule has 8 nitrogen and oxygen atoms in total. The van der Waals surface area contributed by atoms with Gasteiger partial charge in [0.05, 0.1) is 17.1 Å². The zero-order valence-electron chi connectivity index (χ0n) is 19.9. The van der Waals surface area contributed by atoms with Crippen LogP contribution in [0, 0.1) is 6.92 Å². The van der Waals surface area contributed by atoms with E-state index in [1.807, 2.05) is 104 Å². The largest absolute Gasteiger partial charge is 0.322 e. The van der Waals surface area contributed by atoms with Crippen molar-refractivity contribution in [1.82, 2.24) is 19.9 Å². The Kier molecular flexibility index (Phi) is 5.54. The maximum absolute atomic E-state index is 13.8. The van der Waals surface area contributed by atoms with E-state index in [1.165, 1.54) is 4.52 Å². The summed E-state index contributed by atoms with van der Waals surface area (Å²) < 4.78 is 1.51. The van der Waals surface area contributed by atoms with Crippen molar-refractivity contribution in [1.29, 1.82) is 0 Å². The Hall–Kier alpha value is -5.11. The van der Waals surface area contributed by atoms with Gasteiger partial charge in [-0.05, 0) is 25.1 Å². The van der Waals surface area contributed by atoms with Crippen LogP contribution in [0.4, 0.5) is 5.69 Å². The van der Waals surface area contributed by atoms with E-state index in [4.69, 9.17) is 4.99 Å². The maximum Gasteiger partial charge on any atom is 0.274 e. The van der Waals surface area contributed by atoms with Crippen molar-refractivity contribution < 1.29 is 9.59 Å². The second-order valence-electron chi connectivity index (χ2n) is 8.67. The molecule has 0 radical (unpaired) electrons. The lowest BCUT2D eigenvalue weighted by Crippen LogP contribution is -2.43. The second-order valence-corrected chi connectivity index (χ2v) is 8.67. The van der Waals surface area contributed by atoms with Gasteiger partial charge in [0.2, 0.25) is 6.17 Å². The summed E-state index contributed by atoms with van der Waals surface area (Å²) in [6.07, 6.45) is -1.17. The first kappa shape index (κ1) is 22.4. The van der Waals surface area contributed by atoms with Crippen molar-refractivity contribution in [2.24, 2.45) is 4.99 Å². The molecule has 0 fully saturated rings. The lowest BCUT2D eigenvalue weighted by molar-refractivity contribution is -0.117. The van der Waals surface area contributed by atoms with Crippen molar-refractivity contribution in [3.05, 3.63) is 120 Å². The number of nitrogens with zero attached hydrogens (tertiary/aromatic N) is 4. The molecule has 0 saturated carbocycles. The number of para-hydroxylation sites is 1. The number of hydrogen-bond acceptors (Lipinski definition) is 5. The molecular formula is C29H22N6O2. The normalized spacial score (nSPS) is 14.9. The van der Waals surface area contributed by atoms with Crippen LogP contribution in [0.3, 0.4) is 0 Å². The van der Waals surface area contributed by atoms with Crippen LogP contribution in [0.5, 0.6) is 0 Å². The molecule has 0 bridgehead atoms. The molecule has 37 heavy (non-hydrogen) atoms. The zero-order chi connectivity index (χ0) is 25.4. The molecule has 1 aliphatic rings. The zero-order valence-corrected chi connectivity index (χ0v) is 19.9. The third-order valence-corrected chi connectivity index (χ3v) is 6.13. The molecular weight excluding hydrogens is 464 g/mol. The number of hydrogen-bond donors (Lipinski definition) is 2. The van der Waals surface area contributed by atoms with E-state index in [-0.39, 0.29) is 5.69 Å². The second kappa shape index (κ2) is 9.16. The Balaban J connectivity index is 1.45. The van der Waals surface area contributed by atoms with E-state index >= 15 is 0 Å². The third kappa shape index (κ3) is 4.14. The monoisotopic (exact) mass is 486 g/mol. The van der Waals surface area contributed by atoms with Crippen molar-refractivity contribution in [2.75, 3.05) is 5.32 Å². The molecule has 180 valence electrons. The van der Waals surface area contributed by atoms with E-state index in [0.717, 1.165) is 22.4 Å². The predicted molar refractivity (Wildman–Crippen MR) is 142 cm³/mol. The van der Waals surface area contributed by atoms with Gasteiger partial charge in [-0.2, -0.15) is 5.10 Å². The minimum absolute atomic E-state index is 0.232. The number of fused-ring (bicyclic) bond motifs is 2. The number of nitrogens with one attached hydrogen (secondary N) is 2. The summed E-state index contributed by atoms with van der Waals surface area (Å²) in [5, 5.41) is 10.3. The molecule has 6 rings (SSSR count). The summed E-state index contributed by atoms with van der Waals surface area (Å²) in [5.41, 5.74) is 5.57. The molecule has 0 spiro atoms. The average molecular weight is 487 g/mol. The first-order chi connectivity index (χ1) is 18.1. The molecule has 2 amide bonds. The summed E-state index contributed by atoms with van der Waals surface area (Å²) >= 11 is 0. The fraction of sp³-hybridized carbons (Fsp3) is 0.0690. The minimum Gasteiger partial charge on any atom is -0.322 e. The standard InChI is InChI=1S/C29H22N6O2/c1-18-16-17-23-31-25(20-12-6-3-7-13-20)26(35(23)34-18)28(36)33-27-29(37)30-22-15-9-8-14-21(22)24(32-27)19-10-4-2-5-11-19/h2-17,27H,1H3,(H,30,37)(H,33,36)/t27-/m1/s1. The maximum atomic E-state index is 13.8. The number of aryl methyl sites for hydroxylation is 1.